The number of hydrogen-bond acceptors (Lipinski definition) is 7. The molecule has 3 rings (SSSR count). The third kappa shape index (κ3) is 4.47. The summed E-state index contributed by atoms with van der Waals surface area (Å²) in [5.74, 6) is -2.32. The number of methoxy groups -OCH3 is 2. The molecule has 0 aliphatic carbocycles. The average molecular weight is 424 g/mol. The molecule has 1 heterocycles. The topological polar surface area (TPSA) is 102 Å². The first-order valence-electron chi connectivity index (χ1n) is 8.63. The van der Waals surface area contributed by atoms with Crippen molar-refractivity contribution in [3.8, 4) is 0 Å². The van der Waals surface area contributed by atoms with Gasteiger partial charge in [-0.25, -0.2) is 9.59 Å². The number of para-hydroxylation sites is 1. The van der Waals surface area contributed by atoms with Gasteiger partial charge < -0.3 is 9.47 Å². The molecule has 0 atom stereocenters. The maximum atomic E-state index is 12.8. The van der Waals surface area contributed by atoms with Crippen molar-refractivity contribution in [2.24, 2.45) is 4.99 Å². The van der Waals surface area contributed by atoms with Crippen LogP contribution in [-0.4, -0.2) is 43.1 Å². The van der Waals surface area contributed by atoms with Gasteiger partial charge in [-0.3, -0.25) is 14.5 Å². The molecular weight excluding hydrogens is 408 g/mol. The van der Waals surface area contributed by atoms with Crippen LogP contribution < -0.4 is 4.90 Å². The molecule has 2 aromatic rings. The van der Waals surface area contributed by atoms with Crippen LogP contribution in [0.25, 0.3) is 0 Å². The molecule has 152 valence electrons. The van der Waals surface area contributed by atoms with Crippen molar-refractivity contribution in [2.45, 2.75) is 0 Å². The lowest BCUT2D eigenvalue weighted by Crippen LogP contribution is -2.29. The summed E-state index contributed by atoms with van der Waals surface area (Å²) in [4.78, 5) is 54.0. The van der Waals surface area contributed by atoms with Gasteiger partial charge in [0.25, 0.3) is 11.8 Å². The molecule has 0 spiro atoms. The largest absolute Gasteiger partial charge is 0.466 e. The minimum absolute atomic E-state index is 0.0818. The minimum Gasteiger partial charge on any atom is -0.466 e. The van der Waals surface area contributed by atoms with E-state index in [0.29, 0.717) is 11.3 Å². The van der Waals surface area contributed by atoms with Crippen LogP contribution in [0, 0.1) is 0 Å². The quantitative estimate of drug-likeness (QED) is 0.549. The number of anilines is 1. The summed E-state index contributed by atoms with van der Waals surface area (Å²) in [6, 6.07) is 14.4. The third-order valence-electron chi connectivity index (χ3n) is 4.02. The highest BCUT2D eigenvalue weighted by Gasteiger charge is 2.36. The fraction of sp³-hybridized carbons (Fsp3) is 0.0952. The Bertz CT molecular complexity index is 1060. The van der Waals surface area contributed by atoms with Crippen molar-refractivity contribution in [3.05, 3.63) is 76.7 Å². The summed E-state index contributed by atoms with van der Waals surface area (Å²) >= 11 is 0.892. The maximum absolute atomic E-state index is 12.8. The molecule has 2 amide bonds. The minimum atomic E-state index is -0.690. The number of rotatable bonds is 4. The molecule has 30 heavy (non-hydrogen) atoms. The van der Waals surface area contributed by atoms with Gasteiger partial charge in [0.2, 0.25) is 0 Å². The number of esters is 2. The van der Waals surface area contributed by atoms with Crippen LogP contribution >= 0.6 is 11.8 Å². The van der Waals surface area contributed by atoms with E-state index in [1.54, 1.807) is 30.3 Å². The molecule has 0 radical (unpaired) electrons. The number of nitrogens with zero attached hydrogens (tertiary/aromatic N) is 2. The Morgan fingerprint density at radius 2 is 1.57 bits per heavy atom. The van der Waals surface area contributed by atoms with Gasteiger partial charge in [0, 0.05) is 11.6 Å². The van der Waals surface area contributed by atoms with Gasteiger partial charge >= 0.3 is 11.9 Å². The molecule has 1 aliphatic heterocycles. The van der Waals surface area contributed by atoms with E-state index in [1.165, 1.54) is 43.4 Å². The van der Waals surface area contributed by atoms with Crippen molar-refractivity contribution >= 4 is 46.4 Å². The lowest BCUT2D eigenvalue weighted by molar-refractivity contribution is -0.135. The predicted octanol–water partition coefficient (Wildman–Crippen LogP) is 2.81. The lowest BCUT2D eigenvalue weighted by atomic mass is 10.1. The van der Waals surface area contributed by atoms with Crippen LogP contribution in [0.4, 0.5) is 5.69 Å². The first kappa shape index (κ1) is 21.0. The number of aliphatic imine (C=N–C) groups is 1. The second kappa shape index (κ2) is 9.19. The van der Waals surface area contributed by atoms with E-state index in [0.717, 1.165) is 17.8 Å². The van der Waals surface area contributed by atoms with Gasteiger partial charge in [0.15, 0.2) is 5.17 Å². The Hall–Kier alpha value is -3.72. The number of hydrogen-bond donors (Lipinski definition) is 0. The van der Waals surface area contributed by atoms with E-state index < -0.39 is 23.8 Å². The molecule has 0 aromatic heterocycles. The second-order valence-corrected chi connectivity index (χ2v) is 6.89. The average Bonchev–Trinajstić information content (AvgIpc) is 3.08. The summed E-state index contributed by atoms with van der Waals surface area (Å²) in [6.45, 7) is 0. The molecule has 0 unspecified atom stereocenters. The molecule has 0 bridgehead atoms. The zero-order chi connectivity index (χ0) is 21.7. The number of ether oxygens (including phenoxy) is 2. The second-order valence-electron chi connectivity index (χ2n) is 5.88. The normalized spacial score (nSPS) is 16.1. The van der Waals surface area contributed by atoms with Crippen LogP contribution in [0.2, 0.25) is 0 Å². The van der Waals surface area contributed by atoms with Gasteiger partial charge in [-0.2, -0.15) is 4.99 Å². The molecule has 1 aliphatic rings. The van der Waals surface area contributed by atoms with Gasteiger partial charge in [0.1, 0.15) is 0 Å². The van der Waals surface area contributed by atoms with Crippen molar-refractivity contribution in [2.75, 3.05) is 19.1 Å². The number of amidine groups is 1. The highest BCUT2D eigenvalue weighted by Crippen LogP contribution is 2.35. The van der Waals surface area contributed by atoms with Crippen LogP contribution in [0.5, 0.6) is 0 Å². The van der Waals surface area contributed by atoms with E-state index in [-0.39, 0.29) is 15.6 Å². The van der Waals surface area contributed by atoms with E-state index in [4.69, 9.17) is 0 Å². The first-order valence-corrected chi connectivity index (χ1v) is 9.44. The zero-order valence-corrected chi connectivity index (χ0v) is 16.8. The molecule has 0 saturated carbocycles. The SMILES string of the molecule is COC(=O)C=C1SC(=NC(=O)c2ccc(C(=O)OC)cc2)N(c2ccccc2)C1=O. The highest BCUT2D eigenvalue weighted by molar-refractivity contribution is 8.19. The van der Waals surface area contributed by atoms with Gasteiger partial charge in [-0.05, 0) is 48.2 Å². The highest BCUT2D eigenvalue weighted by atomic mass is 32.2. The Morgan fingerprint density at radius 1 is 0.933 bits per heavy atom. The van der Waals surface area contributed by atoms with Crippen molar-refractivity contribution in [1.29, 1.82) is 0 Å². The van der Waals surface area contributed by atoms with Crippen molar-refractivity contribution in [3.63, 3.8) is 0 Å². The summed E-state index contributed by atoms with van der Waals surface area (Å²) in [6.07, 6.45) is 1.06. The summed E-state index contributed by atoms with van der Waals surface area (Å²) in [5.41, 5.74) is 1.01. The Balaban J connectivity index is 1.96. The number of amides is 2. The van der Waals surface area contributed by atoms with E-state index in [9.17, 15) is 19.2 Å². The third-order valence-corrected chi connectivity index (χ3v) is 4.99. The number of benzene rings is 2. The lowest BCUT2D eigenvalue weighted by Gasteiger charge is -2.15. The number of thioether (sulfide) groups is 1. The predicted molar refractivity (Wildman–Crippen MR) is 111 cm³/mol. The first-order chi connectivity index (χ1) is 14.4. The van der Waals surface area contributed by atoms with Crippen molar-refractivity contribution in [1.82, 2.24) is 0 Å². The van der Waals surface area contributed by atoms with Crippen molar-refractivity contribution < 1.29 is 28.7 Å². The molecule has 9 heteroatoms. The Kier molecular flexibility index (Phi) is 6.43. The molecule has 8 nitrogen and oxygen atoms in total. The summed E-state index contributed by atoms with van der Waals surface area (Å²) in [5, 5.41) is 0.100. The Morgan fingerprint density at radius 3 is 2.17 bits per heavy atom. The fourth-order valence-electron chi connectivity index (χ4n) is 2.54. The van der Waals surface area contributed by atoms with Crippen LogP contribution in [-0.2, 0) is 19.1 Å². The molecule has 0 N–H and O–H groups in total. The fourth-order valence-corrected chi connectivity index (χ4v) is 3.48. The smallest absolute Gasteiger partial charge is 0.337 e. The maximum Gasteiger partial charge on any atom is 0.337 e. The monoisotopic (exact) mass is 424 g/mol. The van der Waals surface area contributed by atoms with Crippen LogP contribution in [0.1, 0.15) is 20.7 Å². The van der Waals surface area contributed by atoms with Gasteiger partial charge in [0.05, 0.1) is 30.4 Å². The summed E-state index contributed by atoms with van der Waals surface area (Å²) < 4.78 is 9.21. The molecule has 1 fully saturated rings. The van der Waals surface area contributed by atoms with Crippen LogP contribution in [0.3, 0.4) is 0 Å². The molecular formula is C21H16N2O6S. The number of carbonyl (C=O) groups is 4. The standard InChI is InChI=1S/C21H16N2O6S/c1-28-17(24)12-16-19(26)23(15-6-4-3-5-7-15)21(30-16)22-18(25)13-8-10-14(11-9-13)20(27)29-2/h3-12H,1-2H3. The van der Waals surface area contributed by atoms with E-state index in [2.05, 4.69) is 14.5 Å². The van der Waals surface area contributed by atoms with Gasteiger partial charge in [-0.15, -0.1) is 0 Å². The molecule has 1 saturated heterocycles. The van der Waals surface area contributed by atoms with E-state index >= 15 is 0 Å². The zero-order valence-electron chi connectivity index (χ0n) is 16.0. The Labute approximate surface area is 176 Å². The van der Waals surface area contributed by atoms with E-state index in [1.807, 2.05) is 0 Å². The molecule has 2 aromatic carbocycles. The van der Waals surface area contributed by atoms with Gasteiger partial charge in [-0.1, -0.05) is 18.2 Å². The summed E-state index contributed by atoms with van der Waals surface area (Å²) in [7, 11) is 2.47. The van der Waals surface area contributed by atoms with Crippen LogP contribution in [0.15, 0.2) is 70.6 Å². The number of carbonyl (C=O) groups excluding carboxylic acids is 4.